The lowest BCUT2D eigenvalue weighted by Crippen LogP contribution is -2.39. The van der Waals surface area contributed by atoms with Gasteiger partial charge in [0.05, 0.1) is 11.9 Å². The molecule has 2 rings (SSSR count). The summed E-state index contributed by atoms with van der Waals surface area (Å²) >= 11 is 1.93. The molecule has 6 heteroatoms. The fourth-order valence-electron chi connectivity index (χ4n) is 2.58. The van der Waals surface area contributed by atoms with Crippen LogP contribution in [0.4, 0.5) is 5.69 Å². The van der Waals surface area contributed by atoms with Crippen molar-refractivity contribution < 1.29 is 4.79 Å². The third kappa shape index (κ3) is 3.23. The van der Waals surface area contributed by atoms with Crippen LogP contribution in [0.15, 0.2) is 6.20 Å². The smallest absolute Gasteiger partial charge is 0.271 e. The van der Waals surface area contributed by atoms with Gasteiger partial charge in [-0.2, -0.15) is 16.9 Å². The molecule has 0 saturated heterocycles. The Kier molecular flexibility index (Phi) is 4.74. The highest BCUT2D eigenvalue weighted by Gasteiger charge is 2.24. The van der Waals surface area contributed by atoms with E-state index in [-0.39, 0.29) is 11.9 Å². The average Bonchev–Trinajstić information content (AvgIpc) is 2.80. The second-order valence-electron chi connectivity index (χ2n) is 4.95. The Labute approximate surface area is 118 Å². The van der Waals surface area contributed by atoms with E-state index in [1.54, 1.807) is 10.9 Å². The van der Waals surface area contributed by atoms with E-state index in [4.69, 9.17) is 5.73 Å². The summed E-state index contributed by atoms with van der Waals surface area (Å²) in [6.07, 6.45) is 8.16. The van der Waals surface area contributed by atoms with E-state index in [0.717, 1.165) is 18.1 Å². The molecule has 5 nitrogen and oxygen atoms in total. The second kappa shape index (κ2) is 6.32. The van der Waals surface area contributed by atoms with Crippen molar-refractivity contribution in [2.24, 2.45) is 0 Å². The van der Waals surface area contributed by atoms with Crippen molar-refractivity contribution in [2.45, 2.75) is 50.4 Å². The molecule has 1 heterocycles. The number of amides is 1. The van der Waals surface area contributed by atoms with Crippen LogP contribution in [0.5, 0.6) is 0 Å². The van der Waals surface area contributed by atoms with Gasteiger partial charge in [-0.1, -0.05) is 0 Å². The molecule has 0 unspecified atom stereocenters. The highest BCUT2D eigenvalue weighted by atomic mass is 32.2. The van der Waals surface area contributed by atoms with Crippen LogP contribution in [0, 0.1) is 0 Å². The van der Waals surface area contributed by atoms with Crippen LogP contribution in [0.3, 0.4) is 0 Å². The summed E-state index contributed by atoms with van der Waals surface area (Å²) in [4.78, 5) is 12.3. The molecule has 19 heavy (non-hydrogen) atoms. The summed E-state index contributed by atoms with van der Waals surface area (Å²) in [6, 6.07) is 0.274. The predicted octanol–water partition coefficient (Wildman–Crippen LogP) is 1.89. The quantitative estimate of drug-likeness (QED) is 0.884. The van der Waals surface area contributed by atoms with Crippen molar-refractivity contribution in [1.82, 2.24) is 15.1 Å². The van der Waals surface area contributed by atoms with Gasteiger partial charge >= 0.3 is 0 Å². The maximum atomic E-state index is 12.3. The van der Waals surface area contributed by atoms with E-state index >= 15 is 0 Å². The van der Waals surface area contributed by atoms with Gasteiger partial charge in [0.15, 0.2) is 0 Å². The normalized spacial score (nSPS) is 23.3. The topological polar surface area (TPSA) is 72.9 Å². The lowest BCUT2D eigenvalue weighted by Gasteiger charge is -2.28. The van der Waals surface area contributed by atoms with E-state index in [2.05, 4.69) is 16.7 Å². The summed E-state index contributed by atoms with van der Waals surface area (Å²) < 4.78 is 1.65. The Bertz CT molecular complexity index is 438. The molecule has 0 spiro atoms. The number of carbonyl (C=O) groups excluding carboxylic acids is 1. The molecule has 1 fully saturated rings. The molecule has 1 aromatic heterocycles. The van der Waals surface area contributed by atoms with Gasteiger partial charge in [0.2, 0.25) is 0 Å². The number of thioether (sulfide) groups is 1. The molecule has 3 N–H and O–H groups in total. The number of aryl methyl sites for hydroxylation is 1. The number of nitrogens with zero attached hydrogens (tertiary/aromatic N) is 2. The summed E-state index contributed by atoms with van der Waals surface area (Å²) in [5.41, 5.74) is 6.77. The van der Waals surface area contributed by atoms with Gasteiger partial charge in [-0.05, 0) is 38.9 Å². The van der Waals surface area contributed by atoms with Crippen molar-refractivity contribution in [2.75, 3.05) is 12.0 Å². The number of nitrogen functional groups attached to an aromatic ring is 1. The van der Waals surface area contributed by atoms with Crippen molar-refractivity contribution in [3.05, 3.63) is 11.9 Å². The lowest BCUT2D eigenvalue weighted by atomic mass is 9.95. The number of rotatable bonds is 4. The molecule has 1 aliphatic carbocycles. The number of hydrogen-bond donors (Lipinski definition) is 2. The van der Waals surface area contributed by atoms with Crippen molar-refractivity contribution in [3.63, 3.8) is 0 Å². The molecule has 1 saturated carbocycles. The fourth-order valence-corrected chi connectivity index (χ4v) is 3.33. The summed E-state index contributed by atoms with van der Waals surface area (Å²) in [5.74, 6) is -0.0931. The van der Waals surface area contributed by atoms with Crippen molar-refractivity contribution in [3.8, 4) is 0 Å². The zero-order valence-electron chi connectivity index (χ0n) is 11.6. The molecular formula is C13H22N4OS. The van der Waals surface area contributed by atoms with Gasteiger partial charge in [0, 0.05) is 17.8 Å². The number of hydrogen-bond acceptors (Lipinski definition) is 4. The third-order valence-electron chi connectivity index (χ3n) is 3.73. The molecular weight excluding hydrogens is 260 g/mol. The predicted molar refractivity (Wildman–Crippen MR) is 79.3 cm³/mol. The first-order chi connectivity index (χ1) is 9.15. The van der Waals surface area contributed by atoms with E-state index in [9.17, 15) is 4.79 Å². The summed E-state index contributed by atoms with van der Waals surface area (Å²) in [5, 5.41) is 7.94. The molecule has 1 aliphatic rings. The highest BCUT2D eigenvalue weighted by molar-refractivity contribution is 7.99. The minimum absolute atomic E-state index is 0.0931. The van der Waals surface area contributed by atoms with Crippen molar-refractivity contribution >= 4 is 23.4 Å². The van der Waals surface area contributed by atoms with Crippen LogP contribution >= 0.6 is 11.8 Å². The number of anilines is 1. The zero-order valence-corrected chi connectivity index (χ0v) is 12.4. The Morgan fingerprint density at radius 2 is 2.21 bits per heavy atom. The Morgan fingerprint density at radius 1 is 1.53 bits per heavy atom. The first-order valence-corrected chi connectivity index (χ1v) is 8.09. The van der Waals surface area contributed by atoms with Crippen LogP contribution in [0.25, 0.3) is 0 Å². The van der Waals surface area contributed by atoms with Crippen LogP contribution < -0.4 is 11.1 Å². The Morgan fingerprint density at radius 3 is 2.79 bits per heavy atom. The standard InChI is InChI=1S/C13H22N4OS/c1-3-17-12(11(14)8-15-17)13(18)16-9-4-6-10(19-2)7-5-9/h8-10H,3-7,14H2,1-2H3,(H,16,18). The largest absolute Gasteiger partial charge is 0.396 e. The van der Waals surface area contributed by atoms with Gasteiger partial charge in [0.25, 0.3) is 5.91 Å². The maximum Gasteiger partial charge on any atom is 0.271 e. The molecule has 0 radical (unpaired) electrons. The van der Waals surface area contributed by atoms with Crippen LogP contribution in [-0.2, 0) is 6.54 Å². The van der Waals surface area contributed by atoms with Gasteiger partial charge < -0.3 is 11.1 Å². The average molecular weight is 282 g/mol. The number of nitrogens with two attached hydrogens (primary N) is 1. The van der Waals surface area contributed by atoms with Gasteiger partial charge in [-0.15, -0.1) is 0 Å². The maximum absolute atomic E-state index is 12.3. The van der Waals surface area contributed by atoms with E-state index in [1.807, 2.05) is 18.7 Å². The number of aromatic nitrogens is 2. The molecule has 0 aromatic carbocycles. The fraction of sp³-hybridized carbons (Fsp3) is 0.692. The molecule has 106 valence electrons. The number of carbonyl (C=O) groups is 1. The molecule has 0 atom stereocenters. The van der Waals surface area contributed by atoms with Crippen LogP contribution in [-0.4, -0.2) is 33.2 Å². The molecule has 0 bridgehead atoms. The highest BCUT2D eigenvalue weighted by Crippen LogP contribution is 2.27. The van der Waals surface area contributed by atoms with Gasteiger partial charge in [-0.3, -0.25) is 9.48 Å². The zero-order chi connectivity index (χ0) is 13.8. The minimum Gasteiger partial charge on any atom is -0.396 e. The molecule has 1 amide bonds. The monoisotopic (exact) mass is 282 g/mol. The first kappa shape index (κ1) is 14.2. The van der Waals surface area contributed by atoms with E-state index in [0.29, 0.717) is 17.9 Å². The van der Waals surface area contributed by atoms with Crippen molar-refractivity contribution in [1.29, 1.82) is 0 Å². The Balaban J connectivity index is 1.96. The third-order valence-corrected chi connectivity index (χ3v) is 4.86. The Hall–Kier alpha value is -1.17. The van der Waals surface area contributed by atoms with Gasteiger partial charge in [0.1, 0.15) is 5.69 Å². The van der Waals surface area contributed by atoms with E-state index in [1.165, 1.54) is 12.8 Å². The molecule has 0 aliphatic heterocycles. The molecule has 1 aromatic rings. The van der Waals surface area contributed by atoms with Crippen LogP contribution in [0.1, 0.15) is 43.1 Å². The van der Waals surface area contributed by atoms with Gasteiger partial charge in [-0.25, -0.2) is 0 Å². The SMILES string of the molecule is CCn1ncc(N)c1C(=O)NC1CCC(SC)CC1. The van der Waals surface area contributed by atoms with Crippen LogP contribution in [0.2, 0.25) is 0 Å². The number of nitrogens with one attached hydrogen (secondary N) is 1. The lowest BCUT2D eigenvalue weighted by molar-refractivity contribution is 0.0918. The van der Waals surface area contributed by atoms with E-state index < -0.39 is 0 Å². The minimum atomic E-state index is -0.0931. The second-order valence-corrected chi connectivity index (χ2v) is 6.09. The summed E-state index contributed by atoms with van der Waals surface area (Å²) in [7, 11) is 0. The first-order valence-electron chi connectivity index (χ1n) is 6.80. The summed E-state index contributed by atoms with van der Waals surface area (Å²) in [6.45, 7) is 2.60.